The number of hydrogen-bond donors (Lipinski definition) is 0. The summed E-state index contributed by atoms with van der Waals surface area (Å²) in [4.78, 5) is 10.9. The Bertz CT molecular complexity index is 328. The van der Waals surface area contributed by atoms with E-state index in [4.69, 9.17) is 0 Å². The summed E-state index contributed by atoms with van der Waals surface area (Å²) in [6.45, 7) is 0. The summed E-state index contributed by atoms with van der Waals surface area (Å²) in [7, 11) is 0. The van der Waals surface area contributed by atoms with E-state index in [0.29, 0.717) is 12.1 Å². The molecule has 0 fully saturated rings. The van der Waals surface area contributed by atoms with Crippen LogP contribution in [0.25, 0.3) is 0 Å². The number of alkyl halides is 1. The standard InChI is InChI=1S/C8H4BrF3O/c9-3-7(13)8-5(11)1-4(10)2-6(8)12/h1-2H,3H2. The molecule has 0 heterocycles. The quantitative estimate of drug-likeness (QED) is 0.585. The monoisotopic (exact) mass is 252 g/mol. The van der Waals surface area contributed by atoms with Gasteiger partial charge in [0.1, 0.15) is 17.5 Å². The molecule has 0 aliphatic carbocycles. The Hall–Kier alpha value is -0.840. The summed E-state index contributed by atoms with van der Waals surface area (Å²) in [6.07, 6.45) is 0. The normalized spacial score (nSPS) is 10.2. The van der Waals surface area contributed by atoms with Crippen LogP contribution in [-0.2, 0) is 0 Å². The zero-order valence-electron chi connectivity index (χ0n) is 6.28. The van der Waals surface area contributed by atoms with Gasteiger partial charge in [0, 0.05) is 12.1 Å². The lowest BCUT2D eigenvalue weighted by molar-refractivity contribution is 0.101. The number of carbonyl (C=O) groups excluding carboxylic acids is 1. The molecule has 0 aliphatic rings. The van der Waals surface area contributed by atoms with Gasteiger partial charge in [-0.2, -0.15) is 0 Å². The second kappa shape index (κ2) is 3.91. The third kappa shape index (κ3) is 2.09. The number of Topliss-reactive ketones (excluding diaryl/α,β-unsaturated/α-hetero) is 1. The first-order chi connectivity index (χ1) is 6.06. The van der Waals surface area contributed by atoms with Crippen LogP contribution in [0.2, 0.25) is 0 Å². The average Bonchev–Trinajstić information content (AvgIpc) is 2.02. The van der Waals surface area contributed by atoms with Crippen molar-refractivity contribution < 1.29 is 18.0 Å². The molecular weight excluding hydrogens is 249 g/mol. The topological polar surface area (TPSA) is 17.1 Å². The van der Waals surface area contributed by atoms with Crippen LogP contribution < -0.4 is 0 Å². The molecule has 5 heteroatoms. The SMILES string of the molecule is O=C(CBr)c1c(F)cc(F)cc1F. The average molecular weight is 253 g/mol. The molecule has 0 saturated carbocycles. The van der Waals surface area contributed by atoms with Gasteiger partial charge in [-0.15, -0.1) is 0 Å². The van der Waals surface area contributed by atoms with Crippen molar-refractivity contribution in [1.82, 2.24) is 0 Å². The summed E-state index contributed by atoms with van der Waals surface area (Å²) < 4.78 is 38.0. The van der Waals surface area contributed by atoms with E-state index in [9.17, 15) is 18.0 Å². The Labute approximate surface area is 80.7 Å². The van der Waals surface area contributed by atoms with E-state index in [-0.39, 0.29) is 5.33 Å². The van der Waals surface area contributed by atoms with Crippen molar-refractivity contribution in [3.8, 4) is 0 Å². The highest BCUT2D eigenvalue weighted by molar-refractivity contribution is 9.09. The van der Waals surface area contributed by atoms with Gasteiger partial charge < -0.3 is 0 Å². The molecule has 1 aromatic carbocycles. The first-order valence-electron chi connectivity index (χ1n) is 3.30. The second-order valence-corrected chi connectivity index (χ2v) is 2.86. The molecule has 1 aromatic rings. The van der Waals surface area contributed by atoms with E-state index in [1.165, 1.54) is 0 Å². The maximum absolute atomic E-state index is 12.8. The smallest absolute Gasteiger partial charge is 0.179 e. The highest BCUT2D eigenvalue weighted by Gasteiger charge is 2.17. The molecule has 70 valence electrons. The third-order valence-electron chi connectivity index (χ3n) is 1.41. The van der Waals surface area contributed by atoms with Crippen molar-refractivity contribution in [1.29, 1.82) is 0 Å². The van der Waals surface area contributed by atoms with E-state index in [0.717, 1.165) is 0 Å². The van der Waals surface area contributed by atoms with Gasteiger partial charge in [0.2, 0.25) is 0 Å². The van der Waals surface area contributed by atoms with Gasteiger partial charge in [0.15, 0.2) is 5.78 Å². The lowest BCUT2D eigenvalue weighted by Crippen LogP contribution is -2.07. The summed E-state index contributed by atoms with van der Waals surface area (Å²) in [5, 5.41) is -0.202. The van der Waals surface area contributed by atoms with Crippen LogP contribution in [0.5, 0.6) is 0 Å². The van der Waals surface area contributed by atoms with Crippen molar-refractivity contribution in [2.75, 3.05) is 5.33 Å². The van der Waals surface area contributed by atoms with Gasteiger partial charge >= 0.3 is 0 Å². The number of rotatable bonds is 2. The van der Waals surface area contributed by atoms with Gasteiger partial charge in [-0.25, -0.2) is 13.2 Å². The van der Waals surface area contributed by atoms with E-state index in [1.807, 2.05) is 0 Å². The van der Waals surface area contributed by atoms with E-state index >= 15 is 0 Å². The van der Waals surface area contributed by atoms with Crippen molar-refractivity contribution in [3.63, 3.8) is 0 Å². The number of benzene rings is 1. The minimum absolute atomic E-state index is 0.202. The highest BCUT2D eigenvalue weighted by Crippen LogP contribution is 2.15. The fourth-order valence-corrected chi connectivity index (χ4v) is 1.16. The fraction of sp³-hybridized carbons (Fsp3) is 0.125. The first-order valence-corrected chi connectivity index (χ1v) is 4.42. The maximum Gasteiger partial charge on any atom is 0.179 e. The van der Waals surface area contributed by atoms with E-state index < -0.39 is 28.8 Å². The van der Waals surface area contributed by atoms with Gasteiger partial charge in [0.05, 0.1) is 10.9 Å². The lowest BCUT2D eigenvalue weighted by atomic mass is 10.1. The van der Waals surface area contributed by atoms with E-state index in [2.05, 4.69) is 15.9 Å². The summed E-state index contributed by atoms with van der Waals surface area (Å²) >= 11 is 2.76. The largest absolute Gasteiger partial charge is 0.293 e. The molecule has 13 heavy (non-hydrogen) atoms. The molecule has 0 N–H and O–H groups in total. The van der Waals surface area contributed by atoms with Gasteiger partial charge in [-0.05, 0) is 0 Å². The van der Waals surface area contributed by atoms with Crippen molar-refractivity contribution >= 4 is 21.7 Å². The van der Waals surface area contributed by atoms with Crippen LogP contribution in [-0.4, -0.2) is 11.1 Å². The molecular formula is C8H4BrF3O. The molecule has 0 aromatic heterocycles. The second-order valence-electron chi connectivity index (χ2n) is 2.30. The molecule has 0 amide bonds. The van der Waals surface area contributed by atoms with E-state index in [1.54, 1.807) is 0 Å². The third-order valence-corrected chi connectivity index (χ3v) is 1.92. The van der Waals surface area contributed by atoms with Crippen LogP contribution in [0.1, 0.15) is 10.4 Å². The van der Waals surface area contributed by atoms with Gasteiger partial charge in [-0.3, -0.25) is 4.79 Å². The fourth-order valence-electron chi connectivity index (χ4n) is 0.875. The van der Waals surface area contributed by atoms with Gasteiger partial charge in [-0.1, -0.05) is 15.9 Å². The molecule has 0 unspecified atom stereocenters. The minimum Gasteiger partial charge on any atom is -0.293 e. The first kappa shape index (κ1) is 10.2. The lowest BCUT2D eigenvalue weighted by Gasteiger charge is -2.01. The number of hydrogen-bond acceptors (Lipinski definition) is 1. The van der Waals surface area contributed by atoms with Crippen LogP contribution in [0.3, 0.4) is 0 Å². The van der Waals surface area contributed by atoms with Crippen LogP contribution in [0.4, 0.5) is 13.2 Å². The number of ketones is 1. The Kier molecular flexibility index (Phi) is 3.08. The molecule has 0 aliphatic heterocycles. The van der Waals surface area contributed by atoms with Crippen molar-refractivity contribution in [2.24, 2.45) is 0 Å². The summed E-state index contributed by atoms with van der Waals surface area (Å²) in [6, 6.07) is 0.942. The molecule has 0 radical (unpaired) electrons. The molecule has 1 rings (SSSR count). The maximum atomic E-state index is 12.8. The highest BCUT2D eigenvalue weighted by atomic mass is 79.9. The Balaban J connectivity index is 3.28. The number of halogens is 4. The molecule has 1 nitrogen and oxygen atoms in total. The zero-order chi connectivity index (χ0) is 10.0. The van der Waals surface area contributed by atoms with Crippen LogP contribution in [0.15, 0.2) is 12.1 Å². The van der Waals surface area contributed by atoms with Crippen LogP contribution in [0, 0.1) is 17.5 Å². The van der Waals surface area contributed by atoms with Gasteiger partial charge in [0.25, 0.3) is 0 Å². The molecule has 0 spiro atoms. The minimum atomic E-state index is -1.18. The number of carbonyl (C=O) groups is 1. The molecule has 0 bridgehead atoms. The summed E-state index contributed by atoms with van der Waals surface area (Å²) in [5.74, 6) is -4.15. The predicted molar refractivity (Wildman–Crippen MR) is 44.4 cm³/mol. The van der Waals surface area contributed by atoms with Crippen LogP contribution >= 0.6 is 15.9 Å². The Morgan fingerprint density at radius 2 is 1.69 bits per heavy atom. The zero-order valence-corrected chi connectivity index (χ0v) is 7.87. The predicted octanol–water partition coefficient (Wildman–Crippen LogP) is 2.68. The summed E-state index contributed by atoms with van der Waals surface area (Å²) in [5.41, 5.74) is -0.710. The molecule has 0 atom stereocenters. The Morgan fingerprint density at radius 1 is 1.23 bits per heavy atom. The molecule has 0 saturated heterocycles. The van der Waals surface area contributed by atoms with Crippen molar-refractivity contribution in [2.45, 2.75) is 0 Å². The Morgan fingerprint density at radius 3 is 2.08 bits per heavy atom. The van der Waals surface area contributed by atoms with Crippen molar-refractivity contribution in [3.05, 3.63) is 35.1 Å².